The van der Waals surface area contributed by atoms with E-state index in [4.69, 9.17) is 10.00 Å². The third-order valence-electron chi connectivity index (χ3n) is 3.71. The predicted molar refractivity (Wildman–Crippen MR) is 104 cm³/mol. The van der Waals surface area contributed by atoms with E-state index >= 15 is 0 Å². The molecular weight excluding hydrogens is 340 g/mol. The first kappa shape index (κ1) is 18.0. The second-order valence-corrected chi connectivity index (χ2v) is 5.66. The van der Waals surface area contributed by atoms with Crippen LogP contribution in [0.4, 0.5) is 17.2 Å². The van der Waals surface area contributed by atoms with E-state index in [1.54, 1.807) is 54.6 Å². The Hall–Kier alpha value is -3.85. The molecule has 0 saturated carbocycles. The minimum Gasteiger partial charge on any atom is -0.494 e. The fourth-order valence-electron chi connectivity index (χ4n) is 2.42. The minimum absolute atomic E-state index is 0.246. The molecule has 27 heavy (non-hydrogen) atoms. The van der Waals surface area contributed by atoms with Crippen molar-refractivity contribution in [2.45, 2.75) is 6.92 Å². The Labute approximate surface area is 157 Å². The maximum Gasteiger partial charge on any atom is 0.257 e. The van der Waals surface area contributed by atoms with Gasteiger partial charge in [0.1, 0.15) is 11.6 Å². The molecular formula is C21H18N4O2. The summed E-state index contributed by atoms with van der Waals surface area (Å²) in [4.78, 5) is 16.6. The van der Waals surface area contributed by atoms with Gasteiger partial charge in [0.25, 0.3) is 5.91 Å². The largest absolute Gasteiger partial charge is 0.494 e. The van der Waals surface area contributed by atoms with Crippen molar-refractivity contribution in [1.82, 2.24) is 4.98 Å². The Morgan fingerprint density at radius 1 is 1.11 bits per heavy atom. The van der Waals surface area contributed by atoms with Crippen LogP contribution in [0.3, 0.4) is 0 Å². The van der Waals surface area contributed by atoms with Gasteiger partial charge in [-0.2, -0.15) is 5.26 Å². The molecule has 1 amide bonds. The highest BCUT2D eigenvalue weighted by Gasteiger charge is 2.07. The third-order valence-corrected chi connectivity index (χ3v) is 3.71. The number of hydrogen-bond donors (Lipinski definition) is 2. The van der Waals surface area contributed by atoms with E-state index in [1.807, 2.05) is 13.0 Å². The van der Waals surface area contributed by atoms with Crippen LogP contribution >= 0.6 is 0 Å². The number of ether oxygens (including phenoxy) is 1. The van der Waals surface area contributed by atoms with Gasteiger partial charge in [0.2, 0.25) is 0 Å². The number of amides is 1. The van der Waals surface area contributed by atoms with Gasteiger partial charge < -0.3 is 15.4 Å². The normalized spacial score (nSPS) is 9.93. The molecule has 0 radical (unpaired) electrons. The number of hydrogen-bond acceptors (Lipinski definition) is 5. The second kappa shape index (κ2) is 8.50. The first-order valence-corrected chi connectivity index (χ1v) is 8.45. The molecule has 0 saturated heterocycles. The fourth-order valence-corrected chi connectivity index (χ4v) is 2.42. The highest BCUT2D eigenvalue weighted by molar-refractivity contribution is 6.04. The molecule has 2 aromatic carbocycles. The van der Waals surface area contributed by atoms with Crippen LogP contribution in [0.1, 0.15) is 22.8 Å². The van der Waals surface area contributed by atoms with Crippen LogP contribution in [-0.4, -0.2) is 17.5 Å². The van der Waals surface area contributed by atoms with Crippen molar-refractivity contribution >= 4 is 23.1 Å². The van der Waals surface area contributed by atoms with Gasteiger partial charge in [-0.15, -0.1) is 0 Å². The molecule has 0 aliphatic carbocycles. The predicted octanol–water partition coefficient (Wildman–Crippen LogP) is 4.35. The smallest absolute Gasteiger partial charge is 0.257 e. The molecule has 1 aromatic heterocycles. The molecule has 0 aliphatic heterocycles. The van der Waals surface area contributed by atoms with Crippen LogP contribution in [0.2, 0.25) is 0 Å². The maximum atomic E-state index is 12.3. The zero-order chi connectivity index (χ0) is 19.1. The SMILES string of the molecule is CCOc1ccc(NC(=O)c2ccc(Nc3cccc(C#N)c3)nc2)cc1. The number of benzene rings is 2. The zero-order valence-corrected chi connectivity index (χ0v) is 14.8. The molecule has 0 bridgehead atoms. The molecule has 3 rings (SSSR count). The van der Waals surface area contributed by atoms with E-state index in [9.17, 15) is 4.79 Å². The topological polar surface area (TPSA) is 87.0 Å². The summed E-state index contributed by atoms with van der Waals surface area (Å²) in [5, 5.41) is 14.9. The molecule has 0 spiro atoms. The number of anilines is 3. The monoisotopic (exact) mass is 358 g/mol. The average molecular weight is 358 g/mol. The van der Waals surface area contributed by atoms with E-state index in [0.717, 1.165) is 11.4 Å². The lowest BCUT2D eigenvalue weighted by atomic mass is 10.2. The number of carbonyl (C=O) groups is 1. The number of carbonyl (C=O) groups excluding carboxylic acids is 1. The number of rotatable bonds is 6. The average Bonchev–Trinajstić information content (AvgIpc) is 2.70. The van der Waals surface area contributed by atoms with Crippen LogP contribution in [0, 0.1) is 11.3 Å². The van der Waals surface area contributed by atoms with Crippen LogP contribution in [-0.2, 0) is 0 Å². The summed E-state index contributed by atoms with van der Waals surface area (Å²) in [7, 11) is 0. The third kappa shape index (κ3) is 4.83. The highest BCUT2D eigenvalue weighted by atomic mass is 16.5. The van der Waals surface area contributed by atoms with E-state index in [1.165, 1.54) is 6.20 Å². The standard InChI is InChI=1S/C21H18N4O2/c1-2-27-19-9-7-17(8-10-19)25-21(26)16-6-11-20(23-14-16)24-18-5-3-4-15(12-18)13-22/h3-12,14H,2H2,1H3,(H,23,24)(H,25,26). The Bertz CT molecular complexity index is 961. The number of aromatic nitrogens is 1. The Morgan fingerprint density at radius 2 is 1.93 bits per heavy atom. The van der Waals surface area contributed by atoms with E-state index in [0.29, 0.717) is 29.2 Å². The molecule has 6 heteroatoms. The summed E-state index contributed by atoms with van der Waals surface area (Å²) < 4.78 is 5.38. The Kier molecular flexibility index (Phi) is 5.65. The number of nitrogens with one attached hydrogen (secondary N) is 2. The lowest BCUT2D eigenvalue weighted by Crippen LogP contribution is -2.12. The van der Waals surface area contributed by atoms with Crippen LogP contribution in [0.15, 0.2) is 66.9 Å². The Balaban J connectivity index is 1.63. The van der Waals surface area contributed by atoms with Crippen molar-refractivity contribution in [3.8, 4) is 11.8 Å². The molecule has 1 heterocycles. The zero-order valence-electron chi connectivity index (χ0n) is 14.8. The molecule has 2 N–H and O–H groups in total. The van der Waals surface area contributed by atoms with E-state index in [-0.39, 0.29) is 5.91 Å². The van der Waals surface area contributed by atoms with Crippen molar-refractivity contribution in [3.05, 3.63) is 78.0 Å². The quantitative estimate of drug-likeness (QED) is 0.684. The van der Waals surface area contributed by atoms with Gasteiger partial charge >= 0.3 is 0 Å². The lowest BCUT2D eigenvalue weighted by Gasteiger charge is -2.08. The maximum absolute atomic E-state index is 12.3. The van der Waals surface area contributed by atoms with E-state index in [2.05, 4.69) is 21.7 Å². The summed E-state index contributed by atoms with van der Waals surface area (Å²) in [6.07, 6.45) is 1.50. The lowest BCUT2D eigenvalue weighted by molar-refractivity contribution is 0.102. The van der Waals surface area contributed by atoms with Crippen LogP contribution in [0.25, 0.3) is 0 Å². The Morgan fingerprint density at radius 3 is 2.59 bits per heavy atom. The van der Waals surface area contributed by atoms with Gasteiger partial charge in [0, 0.05) is 17.6 Å². The fraction of sp³-hybridized carbons (Fsp3) is 0.0952. The molecule has 0 aliphatic rings. The van der Waals surface area contributed by atoms with Crippen molar-refractivity contribution in [1.29, 1.82) is 5.26 Å². The summed E-state index contributed by atoms with van der Waals surface area (Å²) in [6, 6.07) is 19.8. The van der Waals surface area contributed by atoms with Crippen molar-refractivity contribution < 1.29 is 9.53 Å². The summed E-state index contributed by atoms with van der Waals surface area (Å²) >= 11 is 0. The summed E-state index contributed by atoms with van der Waals surface area (Å²) in [6.45, 7) is 2.51. The molecule has 3 aromatic rings. The second-order valence-electron chi connectivity index (χ2n) is 5.66. The first-order chi connectivity index (χ1) is 13.2. The minimum atomic E-state index is -0.246. The number of pyridine rings is 1. The summed E-state index contributed by atoms with van der Waals surface area (Å²) in [5.74, 6) is 1.10. The van der Waals surface area contributed by atoms with Crippen LogP contribution in [0.5, 0.6) is 5.75 Å². The molecule has 0 fully saturated rings. The van der Waals surface area contributed by atoms with Gasteiger partial charge in [0.05, 0.1) is 23.8 Å². The van der Waals surface area contributed by atoms with Crippen molar-refractivity contribution in [2.24, 2.45) is 0 Å². The highest BCUT2D eigenvalue weighted by Crippen LogP contribution is 2.18. The molecule has 0 unspecified atom stereocenters. The molecule has 6 nitrogen and oxygen atoms in total. The first-order valence-electron chi connectivity index (χ1n) is 8.45. The van der Waals surface area contributed by atoms with E-state index < -0.39 is 0 Å². The van der Waals surface area contributed by atoms with Gasteiger partial charge in [-0.25, -0.2) is 4.98 Å². The van der Waals surface area contributed by atoms with Crippen molar-refractivity contribution in [3.63, 3.8) is 0 Å². The number of nitriles is 1. The van der Waals surface area contributed by atoms with Gasteiger partial charge in [-0.05, 0) is 61.5 Å². The number of nitrogens with zero attached hydrogens (tertiary/aromatic N) is 2. The molecule has 134 valence electrons. The molecule has 0 atom stereocenters. The van der Waals surface area contributed by atoms with Gasteiger partial charge in [-0.1, -0.05) is 6.07 Å². The van der Waals surface area contributed by atoms with Crippen LogP contribution < -0.4 is 15.4 Å². The van der Waals surface area contributed by atoms with Crippen molar-refractivity contribution in [2.75, 3.05) is 17.2 Å². The van der Waals surface area contributed by atoms with Gasteiger partial charge in [-0.3, -0.25) is 4.79 Å². The van der Waals surface area contributed by atoms with Gasteiger partial charge in [0.15, 0.2) is 0 Å². The summed E-state index contributed by atoms with van der Waals surface area (Å²) in [5.41, 5.74) is 2.44.